The minimum atomic E-state index is -3.46. The summed E-state index contributed by atoms with van der Waals surface area (Å²) in [6, 6.07) is 3.57. The Hall–Kier alpha value is -1.11. The Labute approximate surface area is 139 Å². The molecule has 128 valence electrons. The van der Waals surface area contributed by atoms with Crippen molar-refractivity contribution in [2.45, 2.75) is 37.6 Å². The van der Waals surface area contributed by atoms with Crippen LogP contribution >= 0.6 is 0 Å². The van der Waals surface area contributed by atoms with Crippen LogP contribution in [-0.2, 0) is 10.0 Å². The largest absolute Gasteiger partial charge is 0.496 e. The maximum Gasteiger partial charge on any atom is 0.243 e. The Morgan fingerprint density at radius 2 is 1.74 bits per heavy atom. The number of hydrogen-bond donors (Lipinski definition) is 0. The molecule has 5 nitrogen and oxygen atoms in total. The molecule has 0 spiro atoms. The van der Waals surface area contributed by atoms with Crippen molar-refractivity contribution in [2.24, 2.45) is 5.92 Å². The lowest BCUT2D eigenvalue weighted by Gasteiger charge is -2.35. The summed E-state index contributed by atoms with van der Waals surface area (Å²) in [5, 5.41) is 0. The maximum atomic E-state index is 13.2. The highest BCUT2D eigenvalue weighted by Gasteiger charge is 2.40. The Balaban J connectivity index is 1.99. The van der Waals surface area contributed by atoms with Gasteiger partial charge in [0, 0.05) is 25.7 Å². The van der Waals surface area contributed by atoms with Crippen LogP contribution in [0.1, 0.15) is 24.0 Å². The summed E-state index contributed by atoms with van der Waals surface area (Å²) < 4.78 is 33.5. The summed E-state index contributed by atoms with van der Waals surface area (Å²) >= 11 is 0. The average molecular weight is 338 g/mol. The van der Waals surface area contributed by atoms with E-state index in [0.29, 0.717) is 17.4 Å². The summed E-state index contributed by atoms with van der Waals surface area (Å²) in [6.07, 6.45) is 2.09. The highest BCUT2D eigenvalue weighted by molar-refractivity contribution is 7.89. The van der Waals surface area contributed by atoms with Crippen molar-refractivity contribution in [2.75, 3.05) is 33.8 Å². The molecule has 3 aliphatic heterocycles. The van der Waals surface area contributed by atoms with E-state index in [1.807, 2.05) is 13.8 Å². The van der Waals surface area contributed by atoms with Crippen LogP contribution in [0.4, 0.5) is 0 Å². The van der Waals surface area contributed by atoms with Crippen LogP contribution in [0.25, 0.3) is 0 Å². The number of ether oxygens (including phenoxy) is 1. The number of fused-ring (bicyclic) bond motifs is 4. The van der Waals surface area contributed by atoms with Crippen LogP contribution in [0.3, 0.4) is 0 Å². The minimum Gasteiger partial charge on any atom is -0.496 e. The molecule has 3 saturated heterocycles. The summed E-state index contributed by atoms with van der Waals surface area (Å²) in [5.74, 6) is 1.20. The van der Waals surface area contributed by atoms with E-state index in [9.17, 15) is 8.42 Å². The lowest BCUT2D eigenvalue weighted by atomic mass is 9.97. The van der Waals surface area contributed by atoms with Gasteiger partial charge in [-0.2, -0.15) is 4.31 Å². The van der Waals surface area contributed by atoms with Gasteiger partial charge in [-0.15, -0.1) is 0 Å². The van der Waals surface area contributed by atoms with Crippen molar-refractivity contribution in [3.8, 4) is 5.75 Å². The molecule has 0 aromatic heterocycles. The molecule has 1 aromatic rings. The van der Waals surface area contributed by atoms with Crippen LogP contribution in [0, 0.1) is 19.8 Å². The Morgan fingerprint density at radius 1 is 1.09 bits per heavy atom. The molecule has 0 unspecified atom stereocenters. The zero-order valence-electron chi connectivity index (χ0n) is 14.4. The van der Waals surface area contributed by atoms with Crippen LogP contribution in [0.15, 0.2) is 17.0 Å². The van der Waals surface area contributed by atoms with Crippen LogP contribution in [0.2, 0.25) is 0 Å². The zero-order valence-corrected chi connectivity index (χ0v) is 15.2. The Kier molecular flexibility index (Phi) is 4.42. The highest BCUT2D eigenvalue weighted by atomic mass is 32.2. The molecule has 2 atom stereocenters. The van der Waals surface area contributed by atoms with Crippen molar-refractivity contribution >= 4 is 10.0 Å². The van der Waals surface area contributed by atoms with E-state index >= 15 is 0 Å². The molecule has 0 aliphatic carbocycles. The topological polar surface area (TPSA) is 49.9 Å². The molecule has 3 fully saturated rings. The number of aryl methyl sites for hydroxylation is 2. The first-order valence-electron chi connectivity index (χ1n) is 8.18. The van der Waals surface area contributed by atoms with Gasteiger partial charge in [0.1, 0.15) is 5.75 Å². The average Bonchev–Trinajstić information content (AvgIpc) is 2.75. The summed E-state index contributed by atoms with van der Waals surface area (Å²) in [6.45, 7) is 6.24. The SMILES string of the molecule is COc1c(C)cc(S(=O)(=O)N2C[C@@H]3CC[C@H]2CN(C)C3)cc1C. The fraction of sp³-hybridized carbons (Fsp3) is 0.647. The molecule has 4 rings (SSSR count). The summed E-state index contributed by atoms with van der Waals surface area (Å²) in [4.78, 5) is 2.66. The summed E-state index contributed by atoms with van der Waals surface area (Å²) in [7, 11) is 0.246. The third-order valence-corrected chi connectivity index (χ3v) is 6.99. The normalized spacial score (nSPS) is 26.3. The van der Waals surface area contributed by atoms with Crippen LogP contribution in [0.5, 0.6) is 5.75 Å². The number of rotatable bonds is 3. The fourth-order valence-electron chi connectivity index (χ4n) is 4.08. The number of hydrogen-bond acceptors (Lipinski definition) is 4. The second-order valence-electron chi connectivity index (χ2n) is 6.98. The third kappa shape index (κ3) is 2.99. The van der Waals surface area contributed by atoms with E-state index < -0.39 is 10.0 Å². The molecule has 2 bridgehead atoms. The van der Waals surface area contributed by atoms with Crippen LogP contribution < -0.4 is 4.74 Å². The van der Waals surface area contributed by atoms with Gasteiger partial charge in [0.15, 0.2) is 0 Å². The van der Waals surface area contributed by atoms with Crippen molar-refractivity contribution in [1.82, 2.24) is 9.21 Å². The molecule has 0 N–H and O–H groups in total. The predicted molar refractivity (Wildman–Crippen MR) is 90.4 cm³/mol. The van der Waals surface area contributed by atoms with Crippen molar-refractivity contribution in [3.63, 3.8) is 0 Å². The van der Waals surface area contributed by atoms with E-state index in [2.05, 4.69) is 11.9 Å². The molecule has 3 heterocycles. The minimum absolute atomic E-state index is 0.0893. The molecule has 23 heavy (non-hydrogen) atoms. The number of likely N-dealkylation sites (N-methyl/N-ethyl adjacent to an activating group) is 1. The first-order chi connectivity index (χ1) is 10.8. The van der Waals surface area contributed by atoms with Gasteiger partial charge in [-0.25, -0.2) is 8.42 Å². The molecular weight excluding hydrogens is 312 g/mol. The van der Waals surface area contributed by atoms with Gasteiger partial charge in [-0.1, -0.05) is 0 Å². The Morgan fingerprint density at radius 3 is 2.35 bits per heavy atom. The van der Waals surface area contributed by atoms with E-state index in [1.54, 1.807) is 23.5 Å². The predicted octanol–water partition coefficient (Wildman–Crippen LogP) is 2.03. The van der Waals surface area contributed by atoms with E-state index in [-0.39, 0.29) is 6.04 Å². The Bertz CT molecular complexity index is 679. The molecular formula is C17H26N2O3S. The van der Waals surface area contributed by atoms with Crippen LogP contribution in [-0.4, -0.2) is 57.5 Å². The molecule has 0 saturated carbocycles. The van der Waals surface area contributed by atoms with Crippen molar-refractivity contribution in [3.05, 3.63) is 23.3 Å². The van der Waals surface area contributed by atoms with Gasteiger partial charge >= 0.3 is 0 Å². The van der Waals surface area contributed by atoms with E-state index in [0.717, 1.165) is 42.8 Å². The van der Waals surface area contributed by atoms with Gasteiger partial charge in [0.2, 0.25) is 10.0 Å². The quantitative estimate of drug-likeness (QED) is 0.846. The first-order valence-corrected chi connectivity index (χ1v) is 9.62. The second-order valence-corrected chi connectivity index (χ2v) is 8.87. The lowest BCUT2D eigenvalue weighted by molar-refractivity contribution is 0.229. The van der Waals surface area contributed by atoms with E-state index in [4.69, 9.17) is 4.74 Å². The zero-order chi connectivity index (χ0) is 16.8. The smallest absolute Gasteiger partial charge is 0.243 e. The summed E-state index contributed by atoms with van der Waals surface area (Å²) in [5.41, 5.74) is 1.73. The number of piperidine rings is 1. The molecule has 0 radical (unpaired) electrons. The van der Waals surface area contributed by atoms with E-state index in [1.165, 1.54) is 0 Å². The lowest BCUT2D eigenvalue weighted by Crippen LogP contribution is -2.47. The van der Waals surface area contributed by atoms with Gasteiger partial charge in [-0.05, 0) is 62.9 Å². The maximum absolute atomic E-state index is 13.2. The van der Waals surface area contributed by atoms with Crippen molar-refractivity contribution in [1.29, 1.82) is 0 Å². The van der Waals surface area contributed by atoms with Gasteiger partial charge in [0.05, 0.1) is 12.0 Å². The molecule has 3 aliphatic rings. The van der Waals surface area contributed by atoms with Gasteiger partial charge in [0.25, 0.3) is 0 Å². The van der Waals surface area contributed by atoms with Gasteiger partial charge < -0.3 is 9.64 Å². The highest BCUT2D eigenvalue weighted by Crippen LogP contribution is 2.34. The fourth-order valence-corrected chi connectivity index (χ4v) is 5.98. The number of sulfonamides is 1. The molecule has 6 heteroatoms. The van der Waals surface area contributed by atoms with Gasteiger partial charge in [-0.3, -0.25) is 0 Å². The number of nitrogens with zero attached hydrogens (tertiary/aromatic N) is 2. The first kappa shape index (κ1) is 16.7. The monoisotopic (exact) mass is 338 g/mol. The number of methoxy groups -OCH3 is 1. The molecule has 0 amide bonds. The standard InChI is InChI=1S/C17H26N2O3S/c1-12-7-16(8-13(2)17(12)22-4)23(20,21)19-10-14-5-6-15(19)11-18(3)9-14/h7-8,14-15H,5-6,9-11H2,1-4H3/t14-,15+/m1/s1. The van der Waals surface area contributed by atoms with Crippen molar-refractivity contribution < 1.29 is 13.2 Å². The number of benzene rings is 1. The molecule has 1 aromatic carbocycles. The third-order valence-electron chi connectivity index (χ3n) is 5.09. The second kappa shape index (κ2) is 6.07.